The minimum absolute atomic E-state index is 0.192. The Balaban J connectivity index is 0.000000512. The highest BCUT2D eigenvalue weighted by atomic mass is 19.1. The zero-order valence-corrected chi connectivity index (χ0v) is 18.8. The van der Waals surface area contributed by atoms with Gasteiger partial charge in [-0.25, -0.2) is 9.18 Å². The third-order valence-electron chi connectivity index (χ3n) is 3.92. The molecule has 0 saturated heterocycles. The molecule has 31 heavy (non-hydrogen) atoms. The molecule has 170 valence electrons. The monoisotopic (exact) mass is 433 g/mol. The third kappa shape index (κ3) is 9.93. The molecule has 0 saturated carbocycles. The maximum Gasteiger partial charge on any atom is 0.405 e. The molecule has 1 heterocycles. The molecule has 0 bridgehead atoms. The SMILES string of the molecule is CC(C)(C)OC(N)=O.CC(C)CCCOc1ccc(-c2ccncc2C(N)=O)c(F)c1. The van der Waals surface area contributed by atoms with Crippen LogP contribution in [0.2, 0.25) is 0 Å². The number of pyridine rings is 1. The van der Waals surface area contributed by atoms with E-state index in [0.717, 1.165) is 12.8 Å². The molecule has 2 rings (SSSR count). The van der Waals surface area contributed by atoms with Gasteiger partial charge >= 0.3 is 6.09 Å². The molecule has 0 aliphatic rings. The van der Waals surface area contributed by atoms with Gasteiger partial charge in [0.15, 0.2) is 0 Å². The highest BCUT2D eigenvalue weighted by molar-refractivity contribution is 5.99. The highest BCUT2D eigenvalue weighted by Gasteiger charge is 2.14. The van der Waals surface area contributed by atoms with Crippen molar-refractivity contribution in [1.82, 2.24) is 4.98 Å². The van der Waals surface area contributed by atoms with Gasteiger partial charge in [0.1, 0.15) is 17.2 Å². The molecule has 0 fully saturated rings. The predicted octanol–water partition coefficient (Wildman–Crippen LogP) is 4.68. The smallest absolute Gasteiger partial charge is 0.405 e. The number of hydrogen-bond acceptors (Lipinski definition) is 5. The van der Waals surface area contributed by atoms with E-state index >= 15 is 0 Å². The fourth-order valence-electron chi connectivity index (χ4n) is 2.61. The number of aromatic nitrogens is 1. The van der Waals surface area contributed by atoms with Gasteiger partial charge in [-0.3, -0.25) is 9.78 Å². The van der Waals surface area contributed by atoms with Gasteiger partial charge < -0.3 is 20.9 Å². The number of rotatable bonds is 7. The third-order valence-corrected chi connectivity index (χ3v) is 3.92. The Labute approximate surface area is 182 Å². The highest BCUT2D eigenvalue weighted by Crippen LogP contribution is 2.28. The molecule has 0 atom stereocenters. The molecule has 0 spiro atoms. The summed E-state index contributed by atoms with van der Waals surface area (Å²) in [4.78, 5) is 25.3. The van der Waals surface area contributed by atoms with Crippen LogP contribution < -0.4 is 16.2 Å². The van der Waals surface area contributed by atoms with Crippen molar-refractivity contribution in [2.24, 2.45) is 17.4 Å². The number of hydrogen-bond donors (Lipinski definition) is 2. The number of halogens is 1. The van der Waals surface area contributed by atoms with Crippen molar-refractivity contribution in [2.75, 3.05) is 6.61 Å². The summed E-state index contributed by atoms with van der Waals surface area (Å²) in [7, 11) is 0. The second kappa shape index (κ2) is 11.9. The molecule has 4 N–H and O–H groups in total. The minimum Gasteiger partial charge on any atom is -0.493 e. The maximum absolute atomic E-state index is 14.4. The Bertz CT molecular complexity index is 879. The van der Waals surface area contributed by atoms with Crippen molar-refractivity contribution in [1.29, 1.82) is 0 Å². The first kappa shape index (κ1) is 25.9. The van der Waals surface area contributed by atoms with Crippen molar-refractivity contribution >= 4 is 12.0 Å². The molecule has 8 heteroatoms. The summed E-state index contributed by atoms with van der Waals surface area (Å²) < 4.78 is 24.5. The van der Waals surface area contributed by atoms with Crippen LogP contribution in [-0.4, -0.2) is 29.2 Å². The van der Waals surface area contributed by atoms with Gasteiger partial charge in [-0.05, 0) is 57.7 Å². The lowest BCUT2D eigenvalue weighted by atomic mass is 10.0. The summed E-state index contributed by atoms with van der Waals surface area (Å²) in [6.07, 6.45) is 4.11. The zero-order chi connectivity index (χ0) is 23.6. The van der Waals surface area contributed by atoms with E-state index in [2.05, 4.69) is 23.6 Å². The summed E-state index contributed by atoms with van der Waals surface area (Å²) in [5.41, 5.74) is 10.5. The number of nitrogens with two attached hydrogens (primary N) is 2. The Hall–Kier alpha value is -3.16. The summed E-state index contributed by atoms with van der Waals surface area (Å²) in [5.74, 6) is 0.00267. The van der Waals surface area contributed by atoms with Crippen LogP contribution in [0, 0.1) is 11.7 Å². The van der Waals surface area contributed by atoms with Crippen LogP contribution in [0.1, 0.15) is 57.8 Å². The summed E-state index contributed by atoms with van der Waals surface area (Å²) in [5, 5.41) is 0. The van der Waals surface area contributed by atoms with Crippen molar-refractivity contribution < 1.29 is 23.5 Å². The molecular formula is C23H32FN3O4. The first-order valence-electron chi connectivity index (χ1n) is 10.1. The number of benzene rings is 1. The van der Waals surface area contributed by atoms with E-state index in [9.17, 15) is 14.0 Å². The Morgan fingerprint density at radius 2 is 1.81 bits per heavy atom. The predicted molar refractivity (Wildman–Crippen MR) is 118 cm³/mol. The second-order valence-electron chi connectivity index (χ2n) is 8.35. The molecule has 7 nitrogen and oxygen atoms in total. The van der Waals surface area contributed by atoms with Crippen LogP contribution in [0.25, 0.3) is 11.1 Å². The quantitative estimate of drug-likeness (QED) is 0.615. The molecular weight excluding hydrogens is 401 g/mol. The standard InChI is InChI=1S/C18H21FN2O2.C5H11NO2/c1-12(2)4-3-9-23-13-5-6-15(17(19)10-13)14-7-8-21-11-16(14)18(20)22;1-5(2,3)8-4(6)7/h5-8,10-12H,3-4,9H2,1-2H3,(H2,20,22);1-3H3,(H2,6,7). The first-order chi connectivity index (χ1) is 14.4. The van der Waals surface area contributed by atoms with Crippen LogP contribution in [-0.2, 0) is 4.74 Å². The summed E-state index contributed by atoms with van der Waals surface area (Å²) >= 11 is 0. The van der Waals surface area contributed by atoms with E-state index in [1.54, 1.807) is 39.0 Å². The van der Waals surface area contributed by atoms with Crippen LogP contribution in [0.4, 0.5) is 9.18 Å². The topological polar surface area (TPSA) is 118 Å². The number of amides is 2. The molecule has 0 unspecified atom stereocenters. The van der Waals surface area contributed by atoms with Gasteiger partial charge in [-0.2, -0.15) is 0 Å². The second-order valence-corrected chi connectivity index (χ2v) is 8.35. The van der Waals surface area contributed by atoms with Gasteiger partial charge in [-0.15, -0.1) is 0 Å². The Morgan fingerprint density at radius 3 is 2.29 bits per heavy atom. The average molecular weight is 434 g/mol. The van der Waals surface area contributed by atoms with Crippen LogP contribution in [0.3, 0.4) is 0 Å². The summed E-state index contributed by atoms with van der Waals surface area (Å²) in [6, 6.07) is 6.19. The van der Waals surface area contributed by atoms with E-state index in [0.29, 0.717) is 29.4 Å². The van der Waals surface area contributed by atoms with E-state index in [1.807, 2.05) is 0 Å². The number of ether oxygens (including phenoxy) is 2. The van der Waals surface area contributed by atoms with Gasteiger partial charge in [0.25, 0.3) is 5.91 Å². The number of carbonyl (C=O) groups excluding carboxylic acids is 2. The van der Waals surface area contributed by atoms with Crippen LogP contribution in [0.5, 0.6) is 5.75 Å². The van der Waals surface area contributed by atoms with Gasteiger partial charge in [0.2, 0.25) is 0 Å². The van der Waals surface area contributed by atoms with Gasteiger partial charge in [0.05, 0.1) is 12.2 Å². The molecule has 0 radical (unpaired) electrons. The van der Waals surface area contributed by atoms with E-state index < -0.39 is 23.4 Å². The minimum atomic E-state index is -0.725. The van der Waals surface area contributed by atoms with Crippen molar-refractivity contribution in [3.8, 4) is 16.9 Å². The largest absolute Gasteiger partial charge is 0.493 e. The molecule has 0 aliphatic heterocycles. The maximum atomic E-state index is 14.4. The molecule has 2 aromatic rings. The lowest BCUT2D eigenvalue weighted by Gasteiger charge is -2.16. The van der Waals surface area contributed by atoms with Crippen molar-refractivity contribution in [3.63, 3.8) is 0 Å². The van der Waals surface area contributed by atoms with Crippen LogP contribution >= 0.6 is 0 Å². The van der Waals surface area contributed by atoms with E-state index in [1.165, 1.54) is 18.5 Å². The summed E-state index contributed by atoms with van der Waals surface area (Å²) in [6.45, 7) is 10.1. The van der Waals surface area contributed by atoms with Crippen molar-refractivity contribution in [3.05, 3.63) is 48.0 Å². The normalized spacial score (nSPS) is 10.8. The molecule has 2 amide bonds. The fourth-order valence-corrected chi connectivity index (χ4v) is 2.61. The molecule has 0 aliphatic carbocycles. The number of nitrogens with zero attached hydrogens (tertiary/aromatic N) is 1. The molecule has 1 aromatic carbocycles. The number of primary amides is 2. The number of carbonyl (C=O) groups is 2. The average Bonchev–Trinajstić information content (AvgIpc) is 2.63. The van der Waals surface area contributed by atoms with Gasteiger partial charge in [-0.1, -0.05) is 13.8 Å². The van der Waals surface area contributed by atoms with Crippen LogP contribution in [0.15, 0.2) is 36.7 Å². The lowest BCUT2D eigenvalue weighted by molar-refractivity contribution is 0.0600. The van der Waals surface area contributed by atoms with Crippen molar-refractivity contribution in [2.45, 2.75) is 53.1 Å². The lowest BCUT2D eigenvalue weighted by Crippen LogP contribution is -2.27. The Morgan fingerprint density at radius 1 is 1.13 bits per heavy atom. The molecule has 1 aromatic heterocycles. The Kier molecular flexibility index (Phi) is 9.92. The van der Waals surface area contributed by atoms with E-state index in [-0.39, 0.29) is 5.56 Å². The zero-order valence-electron chi connectivity index (χ0n) is 18.8. The first-order valence-corrected chi connectivity index (χ1v) is 10.1. The van der Waals surface area contributed by atoms with E-state index in [4.69, 9.17) is 16.2 Å². The van der Waals surface area contributed by atoms with Gasteiger partial charge in [0, 0.05) is 29.6 Å². The fraction of sp³-hybridized carbons (Fsp3) is 0.435.